The molecule has 16 heavy (non-hydrogen) atoms. The van der Waals surface area contributed by atoms with Crippen molar-refractivity contribution in [1.82, 2.24) is 4.98 Å². The van der Waals surface area contributed by atoms with Crippen molar-refractivity contribution in [1.29, 1.82) is 0 Å². The minimum Gasteiger partial charge on any atom is -0.384 e. The molecule has 3 nitrogen and oxygen atoms in total. The molecule has 0 saturated heterocycles. The molecule has 1 aromatic rings. The van der Waals surface area contributed by atoms with Gasteiger partial charge in [-0.3, -0.25) is 0 Å². The van der Waals surface area contributed by atoms with Crippen LogP contribution in [0.3, 0.4) is 0 Å². The monoisotopic (exact) mass is 219 g/mol. The van der Waals surface area contributed by atoms with Crippen molar-refractivity contribution in [3.8, 4) is 0 Å². The summed E-state index contributed by atoms with van der Waals surface area (Å²) in [5, 5.41) is 3.56. The van der Waals surface area contributed by atoms with Crippen LogP contribution in [0.1, 0.15) is 33.1 Å². The number of pyridine rings is 1. The van der Waals surface area contributed by atoms with E-state index in [9.17, 15) is 0 Å². The summed E-state index contributed by atoms with van der Waals surface area (Å²) >= 11 is 0. The van der Waals surface area contributed by atoms with E-state index < -0.39 is 0 Å². The van der Waals surface area contributed by atoms with E-state index in [1.807, 2.05) is 12.1 Å². The predicted octanol–water partition coefficient (Wildman–Crippen LogP) is 2.90. The first-order valence-corrected chi connectivity index (χ1v) is 6.11. The van der Waals surface area contributed by atoms with E-state index >= 15 is 0 Å². The Kier molecular flexibility index (Phi) is 3.32. The van der Waals surface area contributed by atoms with E-state index in [1.165, 1.54) is 19.3 Å². The van der Waals surface area contributed by atoms with Crippen molar-refractivity contribution < 1.29 is 0 Å². The van der Waals surface area contributed by atoms with Crippen molar-refractivity contribution >= 4 is 11.5 Å². The average molecular weight is 219 g/mol. The molecule has 2 rings (SSSR count). The van der Waals surface area contributed by atoms with Gasteiger partial charge in [0.2, 0.25) is 0 Å². The molecule has 2 atom stereocenters. The molecule has 2 unspecified atom stereocenters. The van der Waals surface area contributed by atoms with Crippen LogP contribution in [0.4, 0.5) is 11.5 Å². The van der Waals surface area contributed by atoms with Crippen LogP contribution < -0.4 is 11.1 Å². The smallest absolute Gasteiger partial charge is 0.125 e. The fourth-order valence-electron chi connectivity index (χ4n) is 2.84. The molecule has 3 heteroatoms. The Labute approximate surface area is 97.5 Å². The first kappa shape index (κ1) is 11.2. The summed E-state index contributed by atoms with van der Waals surface area (Å²) in [4.78, 5) is 4.00. The van der Waals surface area contributed by atoms with Crippen LogP contribution in [-0.4, -0.2) is 11.0 Å². The van der Waals surface area contributed by atoms with Crippen LogP contribution >= 0.6 is 0 Å². The maximum absolute atomic E-state index is 5.67. The third-order valence-corrected chi connectivity index (χ3v) is 3.33. The second kappa shape index (κ2) is 4.73. The lowest BCUT2D eigenvalue weighted by Gasteiger charge is -2.32. The number of nitrogens with zero attached hydrogens (tertiary/aromatic N) is 1. The molecule has 0 radical (unpaired) electrons. The largest absolute Gasteiger partial charge is 0.384 e. The number of aromatic nitrogens is 1. The Morgan fingerprint density at radius 1 is 1.25 bits per heavy atom. The van der Waals surface area contributed by atoms with E-state index in [4.69, 9.17) is 5.73 Å². The van der Waals surface area contributed by atoms with E-state index in [1.54, 1.807) is 6.20 Å². The molecule has 0 aromatic carbocycles. The standard InChI is InChI=1S/C13H21N3/c1-9-5-10(2)7-12(6-9)16-11-3-4-15-13(14)8-11/h3-4,8-10,12H,5-7H2,1-2H3,(H3,14,15,16). The van der Waals surface area contributed by atoms with Gasteiger partial charge in [-0.2, -0.15) is 0 Å². The highest BCUT2D eigenvalue weighted by Crippen LogP contribution is 2.30. The van der Waals surface area contributed by atoms with Gasteiger partial charge in [-0.15, -0.1) is 0 Å². The molecular formula is C13H21N3. The molecule has 0 aliphatic heterocycles. The highest BCUT2D eigenvalue weighted by atomic mass is 14.9. The van der Waals surface area contributed by atoms with Crippen LogP contribution in [0.2, 0.25) is 0 Å². The minimum atomic E-state index is 0.584. The van der Waals surface area contributed by atoms with Crippen molar-refractivity contribution in [3.05, 3.63) is 18.3 Å². The van der Waals surface area contributed by atoms with E-state index in [-0.39, 0.29) is 0 Å². The molecule has 1 aromatic heterocycles. The average Bonchev–Trinajstić information content (AvgIpc) is 2.15. The first-order chi connectivity index (χ1) is 7.63. The van der Waals surface area contributed by atoms with Gasteiger partial charge in [-0.25, -0.2) is 4.98 Å². The Morgan fingerprint density at radius 2 is 1.94 bits per heavy atom. The number of hydrogen-bond donors (Lipinski definition) is 2. The summed E-state index contributed by atoms with van der Waals surface area (Å²) in [5.41, 5.74) is 6.76. The molecule has 1 aliphatic rings. The second-order valence-corrected chi connectivity index (χ2v) is 5.23. The highest BCUT2D eigenvalue weighted by Gasteiger charge is 2.23. The SMILES string of the molecule is CC1CC(C)CC(Nc2ccnc(N)c2)C1. The maximum atomic E-state index is 5.67. The fraction of sp³-hybridized carbons (Fsp3) is 0.615. The van der Waals surface area contributed by atoms with Crippen molar-refractivity contribution in [3.63, 3.8) is 0 Å². The van der Waals surface area contributed by atoms with Crippen LogP contribution in [0.25, 0.3) is 0 Å². The molecular weight excluding hydrogens is 198 g/mol. The lowest BCUT2D eigenvalue weighted by Crippen LogP contribution is -2.30. The molecule has 1 aliphatic carbocycles. The molecule has 1 saturated carbocycles. The zero-order valence-corrected chi connectivity index (χ0v) is 10.1. The third kappa shape index (κ3) is 2.87. The number of anilines is 2. The van der Waals surface area contributed by atoms with E-state index in [0.717, 1.165) is 17.5 Å². The molecule has 1 heterocycles. The number of rotatable bonds is 2. The molecule has 0 spiro atoms. The summed E-state index contributed by atoms with van der Waals surface area (Å²) in [6, 6.07) is 4.48. The molecule has 1 fully saturated rings. The lowest BCUT2D eigenvalue weighted by molar-refractivity contribution is 0.281. The summed E-state index contributed by atoms with van der Waals surface area (Å²) in [7, 11) is 0. The van der Waals surface area contributed by atoms with Crippen LogP contribution in [0.15, 0.2) is 18.3 Å². The van der Waals surface area contributed by atoms with Gasteiger partial charge in [0.05, 0.1) is 0 Å². The zero-order valence-electron chi connectivity index (χ0n) is 10.1. The van der Waals surface area contributed by atoms with Crippen LogP contribution in [0.5, 0.6) is 0 Å². The van der Waals surface area contributed by atoms with Crippen molar-refractivity contribution in [2.45, 2.75) is 39.2 Å². The Bertz CT molecular complexity index is 341. The Hall–Kier alpha value is -1.25. The van der Waals surface area contributed by atoms with E-state index in [2.05, 4.69) is 24.1 Å². The van der Waals surface area contributed by atoms with Gasteiger partial charge in [-0.05, 0) is 37.2 Å². The van der Waals surface area contributed by atoms with Crippen LogP contribution in [-0.2, 0) is 0 Å². The van der Waals surface area contributed by atoms with Gasteiger partial charge < -0.3 is 11.1 Å². The number of hydrogen-bond acceptors (Lipinski definition) is 3. The number of nitrogens with one attached hydrogen (secondary N) is 1. The molecule has 0 bridgehead atoms. The highest BCUT2D eigenvalue weighted by molar-refractivity contribution is 5.50. The lowest BCUT2D eigenvalue weighted by atomic mass is 9.80. The third-order valence-electron chi connectivity index (χ3n) is 3.33. The molecule has 3 N–H and O–H groups in total. The van der Waals surface area contributed by atoms with Gasteiger partial charge in [-0.1, -0.05) is 13.8 Å². The van der Waals surface area contributed by atoms with Gasteiger partial charge in [0.15, 0.2) is 0 Å². The topological polar surface area (TPSA) is 50.9 Å². The van der Waals surface area contributed by atoms with Crippen molar-refractivity contribution in [2.75, 3.05) is 11.1 Å². The second-order valence-electron chi connectivity index (χ2n) is 5.23. The van der Waals surface area contributed by atoms with E-state index in [0.29, 0.717) is 11.9 Å². The minimum absolute atomic E-state index is 0.584. The Balaban J connectivity index is 1.98. The van der Waals surface area contributed by atoms with Gasteiger partial charge in [0, 0.05) is 24.0 Å². The summed E-state index contributed by atoms with van der Waals surface area (Å²) in [6.07, 6.45) is 5.63. The normalized spacial score (nSPS) is 30.0. The first-order valence-electron chi connectivity index (χ1n) is 6.11. The van der Waals surface area contributed by atoms with Gasteiger partial charge in [0.1, 0.15) is 5.82 Å². The zero-order chi connectivity index (χ0) is 11.5. The number of nitrogens with two attached hydrogens (primary N) is 1. The predicted molar refractivity (Wildman–Crippen MR) is 68.2 cm³/mol. The fourth-order valence-corrected chi connectivity index (χ4v) is 2.84. The number of nitrogen functional groups attached to an aromatic ring is 1. The van der Waals surface area contributed by atoms with Crippen LogP contribution in [0, 0.1) is 11.8 Å². The Morgan fingerprint density at radius 3 is 2.56 bits per heavy atom. The maximum Gasteiger partial charge on any atom is 0.125 e. The molecule has 88 valence electrons. The van der Waals surface area contributed by atoms with Crippen molar-refractivity contribution in [2.24, 2.45) is 11.8 Å². The summed E-state index contributed by atoms with van der Waals surface area (Å²) in [5.74, 6) is 2.22. The molecule has 0 amide bonds. The summed E-state index contributed by atoms with van der Waals surface area (Å²) < 4.78 is 0. The summed E-state index contributed by atoms with van der Waals surface area (Å²) in [6.45, 7) is 4.68. The quantitative estimate of drug-likeness (QED) is 0.804. The van der Waals surface area contributed by atoms with Gasteiger partial charge in [0.25, 0.3) is 0 Å². The van der Waals surface area contributed by atoms with Gasteiger partial charge >= 0.3 is 0 Å².